The minimum atomic E-state index is -0.585. The van der Waals surface area contributed by atoms with E-state index in [2.05, 4.69) is 5.32 Å². The number of amides is 2. The van der Waals surface area contributed by atoms with Crippen molar-refractivity contribution in [2.45, 2.75) is 65.6 Å². The monoisotopic (exact) mass is 322 g/mol. The molecule has 23 heavy (non-hydrogen) atoms. The van der Waals surface area contributed by atoms with Crippen LogP contribution in [0.1, 0.15) is 53.0 Å². The van der Waals surface area contributed by atoms with E-state index < -0.39 is 6.04 Å². The number of carbonyl (C=O) groups is 2. The quantitative estimate of drug-likeness (QED) is 0.874. The van der Waals surface area contributed by atoms with E-state index in [4.69, 9.17) is 0 Å². The predicted octanol–water partition coefficient (Wildman–Crippen LogP) is 3.26. The Morgan fingerprint density at radius 1 is 1.22 bits per heavy atom. The zero-order valence-electron chi connectivity index (χ0n) is 14.6. The Balaban J connectivity index is 2.93. The number of hydrogen-bond donors (Lipinski definition) is 1. The van der Waals surface area contributed by atoms with E-state index in [1.165, 1.54) is 12.1 Å². The lowest BCUT2D eigenvalue weighted by molar-refractivity contribution is -0.141. The summed E-state index contributed by atoms with van der Waals surface area (Å²) in [6.07, 6.45) is 1.10. The number of carbonyl (C=O) groups excluding carboxylic acids is 2. The number of benzene rings is 1. The third-order valence-electron chi connectivity index (χ3n) is 3.40. The standard InChI is InChI=1S/C18H27FN2O2/c1-6-7-16(22)21(12-14-8-10-15(19)11-9-14)13(2)17(23)20-18(3,4)5/h8-11,13H,6-7,12H2,1-5H3,(H,20,23)/t13-/m0/s1. The van der Waals surface area contributed by atoms with E-state index in [0.717, 1.165) is 5.56 Å². The molecule has 0 saturated heterocycles. The molecule has 1 aromatic rings. The third kappa shape index (κ3) is 6.38. The molecule has 0 unspecified atom stereocenters. The summed E-state index contributed by atoms with van der Waals surface area (Å²) in [5.41, 5.74) is 0.437. The van der Waals surface area contributed by atoms with Crippen LogP contribution in [0, 0.1) is 5.82 Å². The lowest BCUT2D eigenvalue weighted by Gasteiger charge is -2.31. The average Bonchev–Trinajstić information content (AvgIpc) is 2.44. The normalized spacial score (nSPS) is 12.6. The topological polar surface area (TPSA) is 49.4 Å². The zero-order chi connectivity index (χ0) is 17.6. The van der Waals surface area contributed by atoms with Crippen LogP contribution in [0.25, 0.3) is 0 Å². The molecule has 1 N–H and O–H groups in total. The van der Waals surface area contributed by atoms with Gasteiger partial charge in [-0.05, 0) is 51.8 Å². The highest BCUT2D eigenvalue weighted by Gasteiger charge is 2.27. The molecule has 0 aromatic heterocycles. The van der Waals surface area contributed by atoms with Crippen LogP contribution in [0.2, 0.25) is 0 Å². The number of hydrogen-bond acceptors (Lipinski definition) is 2. The summed E-state index contributed by atoms with van der Waals surface area (Å²) in [5, 5.41) is 2.90. The van der Waals surface area contributed by atoms with Gasteiger partial charge in [0.1, 0.15) is 11.9 Å². The molecule has 0 aliphatic heterocycles. The van der Waals surface area contributed by atoms with Crippen molar-refractivity contribution in [2.24, 2.45) is 0 Å². The minimum Gasteiger partial charge on any atom is -0.350 e. The summed E-state index contributed by atoms with van der Waals surface area (Å²) < 4.78 is 13.0. The highest BCUT2D eigenvalue weighted by molar-refractivity contribution is 5.87. The van der Waals surface area contributed by atoms with Crippen LogP contribution >= 0.6 is 0 Å². The van der Waals surface area contributed by atoms with Gasteiger partial charge in [-0.3, -0.25) is 9.59 Å². The van der Waals surface area contributed by atoms with Crippen LogP contribution in [0.5, 0.6) is 0 Å². The Bertz CT molecular complexity index is 535. The molecule has 1 rings (SSSR count). The Morgan fingerprint density at radius 3 is 2.26 bits per heavy atom. The van der Waals surface area contributed by atoms with Gasteiger partial charge in [0.25, 0.3) is 0 Å². The Morgan fingerprint density at radius 2 is 1.78 bits per heavy atom. The van der Waals surface area contributed by atoms with E-state index in [9.17, 15) is 14.0 Å². The van der Waals surface area contributed by atoms with Crippen LogP contribution < -0.4 is 5.32 Å². The first kappa shape index (κ1) is 19.1. The second kappa shape index (κ2) is 8.09. The lowest BCUT2D eigenvalue weighted by atomic mass is 10.1. The highest BCUT2D eigenvalue weighted by atomic mass is 19.1. The maximum atomic E-state index is 13.0. The van der Waals surface area contributed by atoms with E-state index in [0.29, 0.717) is 12.8 Å². The van der Waals surface area contributed by atoms with Crippen molar-refractivity contribution in [1.29, 1.82) is 0 Å². The number of halogens is 1. The van der Waals surface area contributed by atoms with Crippen LogP contribution in [-0.2, 0) is 16.1 Å². The molecule has 0 bridgehead atoms. The molecule has 0 aliphatic carbocycles. The lowest BCUT2D eigenvalue weighted by Crippen LogP contribution is -2.52. The molecular weight excluding hydrogens is 295 g/mol. The molecule has 5 heteroatoms. The van der Waals surface area contributed by atoms with Crippen LogP contribution in [0.15, 0.2) is 24.3 Å². The van der Waals surface area contributed by atoms with Crippen molar-refractivity contribution >= 4 is 11.8 Å². The van der Waals surface area contributed by atoms with Gasteiger partial charge in [0.05, 0.1) is 0 Å². The molecule has 128 valence electrons. The first-order valence-corrected chi connectivity index (χ1v) is 8.00. The molecule has 0 radical (unpaired) electrons. The largest absolute Gasteiger partial charge is 0.350 e. The van der Waals surface area contributed by atoms with Gasteiger partial charge in [0.15, 0.2) is 0 Å². The van der Waals surface area contributed by atoms with Crippen LogP contribution in [-0.4, -0.2) is 28.3 Å². The Labute approximate surface area is 138 Å². The van der Waals surface area contributed by atoms with Crippen molar-refractivity contribution in [3.05, 3.63) is 35.6 Å². The van der Waals surface area contributed by atoms with Crippen molar-refractivity contribution in [3.8, 4) is 0 Å². The smallest absolute Gasteiger partial charge is 0.242 e. The molecule has 4 nitrogen and oxygen atoms in total. The molecule has 0 spiro atoms. The van der Waals surface area contributed by atoms with Crippen molar-refractivity contribution in [3.63, 3.8) is 0 Å². The van der Waals surface area contributed by atoms with Crippen molar-refractivity contribution in [1.82, 2.24) is 10.2 Å². The Kier molecular flexibility index (Phi) is 6.73. The SMILES string of the molecule is CCCC(=O)N(Cc1ccc(F)cc1)[C@@H](C)C(=O)NC(C)(C)C. The molecule has 1 atom stereocenters. The fourth-order valence-electron chi connectivity index (χ4n) is 2.20. The average molecular weight is 322 g/mol. The van der Waals surface area contributed by atoms with Gasteiger partial charge < -0.3 is 10.2 Å². The highest BCUT2D eigenvalue weighted by Crippen LogP contribution is 2.13. The number of nitrogens with zero attached hydrogens (tertiary/aromatic N) is 1. The summed E-state index contributed by atoms with van der Waals surface area (Å²) in [5.74, 6) is -0.587. The summed E-state index contributed by atoms with van der Waals surface area (Å²) >= 11 is 0. The van der Waals surface area contributed by atoms with Crippen LogP contribution in [0.3, 0.4) is 0 Å². The van der Waals surface area contributed by atoms with E-state index in [1.807, 2.05) is 27.7 Å². The maximum absolute atomic E-state index is 13.0. The summed E-state index contributed by atoms with van der Waals surface area (Å²) in [6.45, 7) is 9.63. The Hall–Kier alpha value is -1.91. The van der Waals surface area contributed by atoms with Gasteiger partial charge in [0, 0.05) is 18.5 Å². The maximum Gasteiger partial charge on any atom is 0.242 e. The molecule has 0 saturated carbocycles. The van der Waals surface area contributed by atoms with Gasteiger partial charge in [-0.25, -0.2) is 4.39 Å². The van der Waals surface area contributed by atoms with Gasteiger partial charge in [-0.15, -0.1) is 0 Å². The third-order valence-corrected chi connectivity index (χ3v) is 3.40. The zero-order valence-corrected chi connectivity index (χ0v) is 14.6. The van der Waals surface area contributed by atoms with Gasteiger partial charge in [-0.2, -0.15) is 0 Å². The minimum absolute atomic E-state index is 0.0756. The van der Waals surface area contributed by atoms with Crippen molar-refractivity contribution in [2.75, 3.05) is 0 Å². The second-order valence-electron chi connectivity index (χ2n) is 6.81. The van der Waals surface area contributed by atoms with Gasteiger partial charge >= 0.3 is 0 Å². The molecule has 0 heterocycles. The van der Waals surface area contributed by atoms with Crippen molar-refractivity contribution < 1.29 is 14.0 Å². The van der Waals surface area contributed by atoms with Gasteiger partial charge in [0.2, 0.25) is 11.8 Å². The van der Waals surface area contributed by atoms with E-state index in [1.54, 1.807) is 24.0 Å². The molecule has 2 amide bonds. The van der Waals surface area contributed by atoms with Crippen LogP contribution in [0.4, 0.5) is 4.39 Å². The first-order chi connectivity index (χ1) is 10.6. The fraction of sp³-hybridized carbons (Fsp3) is 0.556. The first-order valence-electron chi connectivity index (χ1n) is 8.00. The second-order valence-corrected chi connectivity index (χ2v) is 6.81. The summed E-state index contributed by atoms with van der Waals surface area (Å²) in [6, 6.07) is 5.40. The summed E-state index contributed by atoms with van der Waals surface area (Å²) in [7, 11) is 0. The number of nitrogens with one attached hydrogen (secondary N) is 1. The van der Waals surface area contributed by atoms with Gasteiger partial charge in [-0.1, -0.05) is 19.1 Å². The van der Waals surface area contributed by atoms with E-state index >= 15 is 0 Å². The summed E-state index contributed by atoms with van der Waals surface area (Å²) in [4.78, 5) is 26.3. The number of rotatable bonds is 6. The fourth-order valence-corrected chi connectivity index (χ4v) is 2.20. The van der Waals surface area contributed by atoms with E-state index in [-0.39, 0.29) is 29.7 Å². The molecular formula is C18H27FN2O2. The molecule has 0 aliphatic rings. The molecule has 0 fully saturated rings. The predicted molar refractivity (Wildman–Crippen MR) is 89.2 cm³/mol. The molecule has 1 aromatic carbocycles.